The fourth-order valence-corrected chi connectivity index (χ4v) is 3.88. The molecule has 4 nitrogen and oxygen atoms in total. The van der Waals surface area contributed by atoms with Crippen molar-refractivity contribution in [2.75, 3.05) is 33.3 Å². The summed E-state index contributed by atoms with van der Waals surface area (Å²) < 4.78 is 5.22. The molecule has 116 valence electrons. The first-order valence-electron chi connectivity index (χ1n) is 8.11. The highest BCUT2D eigenvalue weighted by molar-refractivity contribution is 5.42. The Morgan fingerprint density at radius 2 is 1.95 bits per heavy atom. The predicted molar refractivity (Wildman–Crippen MR) is 83.8 cm³/mol. The van der Waals surface area contributed by atoms with Gasteiger partial charge in [0.1, 0.15) is 11.5 Å². The molecule has 1 aromatic rings. The van der Waals surface area contributed by atoms with E-state index in [1.54, 1.807) is 13.2 Å². The van der Waals surface area contributed by atoms with E-state index in [0.29, 0.717) is 17.7 Å². The lowest BCUT2D eigenvalue weighted by Crippen LogP contribution is -2.46. The summed E-state index contributed by atoms with van der Waals surface area (Å²) in [6, 6.07) is 6.12. The van der Waals surface area contributed by atoms with Crippen molar-refractivity contribution in [2.45, 2.75) is 31.7 Å². The molecule has 4 heteroatoms. The van der Waals surface area contributed by atoms with Crippen molar-refractivity contribution in [3.8, 4) is 11.5 Å². The van der Waals surface area contributed by atoms with E-state index in [1.807, 2.05) is 6.07 Å². The number of benzene rings is 1. The Labute approximate surface area is 127 Å². The van der Waals surface area contributed by atoms with Crippen LogP contribution in [0.3, 0.4) is 0 Å². The monoisotopic (exact) mass is 290 g/mol. The first-order chi connectivity index (χ1) is 10.3. The number of methoxy groups -OCH3 is 1. The molecule has 2 fully saturated rings. The minimum Gasteiger partial charge on any atom is -0.507 e. The Morgan fingerprint density at radius 3 is 2.57 bits per heavy atom. The van der Waals surface area contributed by atoms with Gasteiger partial charge in [0.15, 0.2) is 0 Å². The highest BCUT2D eigenvalue weighted by atomic mass is 16.5. The van der Waals surface area contributed by atoms with Gasteiger partial charge in [-0.2, -0.15) is 0 Å². The van der Waals surface area contributed by atoms with Gasteiger partial charge in [0, 0.05) is 43.9 Å². The number of hydrogen-bond donors (Lipinski definition) is 2. The number of phenolic OH excluding ortho intramolecular Hbond substituents is 1. The quantitative estimate of drug-likeness (QED) is 0.894. The summed E-state index contributed by atoms with van der Waals surface area (Å²) >= 11 is 0. The molecule has 2 N–H and O–H groups in total. The van der Waals surface area contributed by atoms with Crippen molar-refractivity contribution in [1.29, 1.82) is 0 Å². The van der Waals surface area contributed by atoms with Crippen LogP contribution in [0.25, 0.3) is 0 Å². The zero-order chi connectivity index (χ0) is 14.7. The van der Waals surface area contributed by atoms with Crippen molar-refractivity contribution in [1.82, 2.24) is 10.2 Å². The summed E-state index contributed by atoms with van der Waals surface area (Å²) in [5, 5.41) is 13.9. The summed E-state index contributed by atoms with van der Waals surface area (Å²) in [4.78, 5) is 2.55. The van der Waals surface area contributed by atoms with Gasteiger partial charge in [-0.1, -0.05) is 18.9 Å². The van der Waals surface area contributed by atoms with E-state index in [1.165, 1.54) is 25.7 Å². The van der Waals surface area contributed by atoms with E-state index in [0.717, 1.165) is 37.5 Å². The van der Waals surface area contributed by atoms with Crippen LogP contribution in [0, 0.1) is 5.92 Å². The molecule has 0 bridgehead atoms. The van der Waals surface area contributed by atoms with Crippen LogP contribution >= 0.6 is 0 Å². The first-order valence-corrected chi connectivity index (χ1v) is 8.11. The molecule has 0 aromatic heterocycles. The maximum Gasteiger partial charge on any atom is 0.124 e. The summed E-state index contributed by atoms with van der Waals surface area (Å²) in [6.45, 7) is 4.21. The molecule has 1 aliphatic carbocycles. The number of nitrogens with zero attached hydrogens (tertiary/aromatic N) is 1. The van der Waals surface area contributed by atoms with E-state index in [4.69, 9.17) is 4.74 Å². The molecule has 1 heterocycles. The Kier molecular flexibility index (Phi) is 4.66. The van der Waals surface area contributed by atoms with Gasteiger partial charge in [-0.25, -0.2) is 0 Å². The fourth-order valence-electron chi connectivity index (χ4n) is 3.88. The average molecular weight is 290 g/mol. The lowest BCUT2D eigenvalue weighted by Gasteiger charge is -2.39. The van der Waals surface area contributed by atoms with Crippen molar-refractivity contribution in [2.24, 2.45) is 5.92 Å². The molecular weight excluding hydrogens is 264 g/mol. The third-order valence-corrected chi connectivity index (χ3v) is 4.95. The van der Waals surface area contributed by atoms with Crippen molar-refractivity contribution >= 4 is 0 Å². The average Bonchev–Trinajstić information content (AvgIpc) is 3.04. The Bertz CT molecular complexity index is 466. The van der Waals surface area contributed by atoms with E-state index in [9.17, 15) is 5.11 Å². The van der Waals surface area contributed by atoms with Gasteiger partial charge in [-0.3, -0.25) is 4.90 Å². The Hall–Kier alpha value is -1.26. The Morgan fingerprint density at radius 1 is 1.24 bits per heavy atom. The summed E-state index contributed by atoms with van der Waals surface area (Å²) in [5.41, 5.74) is 1.07. The second-order valence-corrected chi connectivity index (χ2v) is 6.20. The largest absolute Gasteiger partial charge is 0.507 e. The van der Waals surface area contributed by atoms with Crippen LogP contribution in [-0.4, -0.2) is 43.3 Å². The highest BCUT2D eigenvalue weighted by Crippen LogP contribution is 2.43. The normalized spacial score (nSPS) is 22.3. The SMILES string of the molecule is COc1ccc([C@@H](C2CCCC2)N2CCNCC2)c(O)c1. The molecule has 0 spiro atoms. The maximum atomic E-state index is 10.5. The first kappa shape index (κ1) is 14.7. The van der Waals surface area contributed by atoms with E-state index >= 15 is 0 Å². The molecule has 1 aliphatic heterocycles. The Balaban J connectivity index is 1.89. The second kappa shape index (κ2) is 6.67. The van der Waals surface area contributed by atoms with Crippen LogP contribution in [0.2, 0.25) is 0 Å². The molecule has 3 rings (SSSR count). The number of aromatic hydroxyl groups is 1. The lowest BCUT2D eigenvalue weighted by atomic mass is 9.89. The zero-order valence-corrected chi connectivity index (χ0v) is 12.8. The summed E-state index contributed by atoms with van der Waals surface area (Å²) in [5.74, 6) is 1.77. The maximum absolute atomic E-state index is 10.5. The molecule has 1 saturated carbocycles. The number of rotatable bonds is 4. The standard InChI is InChI=1S/C17H26N2O2/c1-21-14-6-7-15(16(20)12-14)17(13-4-2-3-5-13)19-10-8-18-9-11-19/h6-7,12-13,17-18,20H,2-5,8-11H2,1H3/t17-/m1/s1. The minimum atomic E-state index is 0.348. The minimum absolute atomic E-state index is 0.348. The van der Waals surface area contributed by atoms with Gasteiger partial charge in [0.05, 0.1) is 7.11 Å². The van der Waals surface area contributed by atoms with E-state index < -0.39 is 0 Å². The van der Waals surface area contributed by atoms with Crippen molar-refractivity contribution < 1.29 is 9.84 Å². The topological polar surface area (TPSA) is 44.7 Å². The van der Waals surface area contributed by atoms with Crippen LogP contribution in [0.4, 0.5) is 0 Å². The third-order valence-electron chi connectivity index (χ3n) is 4.95. The van der Waals surface area contributed by atoms with Crippen LogP contribution < -0.4 is 10.1 Å². The van der Waals surface area contributed by atoms with Crippen molar-refractivity contribution in [3.05, 3.63) is 23.8 Å². The van der Waals surface area contributed by atoms with Crippen LogP contribution in [0.15, 0.2) is 18.2 Å². The molecule has 1 aromatic carbocycles. The van der Waals surface area contributed by atoms with Gasteiger partial charge in [0.2, 0.25) is 0 Å². The third kappa shape index (κ3) is 3.16. The van der Waals surface area contributed by atoms with Crippen LogP contribution in [0.1, 0.15) is 37.3 Å². The van der Waals surface area contributed by atoms with Gasteiger partial charge >= 0.3 is 0 Å². The van der Waals surface area contributed by atoms with Gasteiger partial charge in [0.25, 0.3) is 0 Å². The van der Waals surface area contributed by atoms with E-state index in [-0.39, 0.29) is 0 Å². The number of piperazine rings is 1. The fraction of sp³-hybridized carbons (Fsp3) is 0.647. The van der Waals surface area contributed by atoms with Crippen molar-refractivity contribution in [3.63, 3.8) is 0 Å². The van der Waals surface area contributed by atoms with Crippen LogP contribution in [0.5, 0.6) is 11.5 Å². The van der Waals surface area contributed by atoms with E-state index in [2.05, 4.69) is 16.3 Å². The van der Waals surface area contributed by atoms with Gasteiger partial charge in [-0.15, -0.1) is 0 Å². The second-order valence-electron chi connectivity index (χ2n) is 6.20. The molecule has 0 unspecified atom stereocenters. The lowest BCUT2D eigenvalue weighted by molar-refractivity contribution is 0.123. The predicted octanol–water partition coefficient (Wildman–Crippen LogP) is 2.54. The molecule has 21 heavy (non-hydrogen) atoms. The number of phenols is 1. The van der Waals surface area contributed by atoms with Gasteiger partial charge in [-0.05, 0) is 24.8 Å². The molecule has 1 saturated heterocycles. The summed E-state index contributed by atoms with van der Waals surface area (Å²) in [6.07, 6.45) is 5.20. The number of nitrogens with one attached hydrogen (secondary N) is 1. The van der Waals surface area contributed by atoms with Gasteiger partial charge < -0.3 is 15.2 Å². The molecule has 1 atom stereocenters. The zero-order valence-electron chi connectivity index (χ0n) is 12.8. The molecule has 0 radical (unpaired) electrons. The summed E-state index contributed by atoms with van der Waals surface area (Å²) in [7, 11) is 1.64. The number of hydrogen-bond acceptors (Lipinski definition) is 4. The molecular formula is C17H26N2O2. The number of ether oxygens (including phenoxy) is 1. The van der Waals surface area contributed by atoms with Crippen LogP contribution in [-0.2, 0) is 0 Å². The molecule has 2 aliphatic rings. The smallest absolute Gasteiger partial charge is 0.124 e. The molecule has 0 amide bonds. The highest BCUT2D eigenvalue weighted by Gasteiger charge is 2.33.